The van der Waals surface area contributed by atoms with Crippen molar-refractivity contribution in [3.8, 4) is 0 Å². The molecule has 3 rings (SSSR count). The number of nitrogens with one attached hydrogen (secondary N) is 1. The summed E-state index contributed by atoms with van der Waals surface area (Å²) in [5, 5.41) is 7.26. The fourth-order valence-electron chi connectivity index (χ4n) is 2.63. The minimum absolute atomic E-state index is 0.183. The van der Waals surface area contributed by atoms with Gasteiger partial charge in [0.05, 0.1) is 6.04 Å². The van der Waals surface area contributed by atoms with Crippen LogP contribution in [0.4, 0.5) is 4.39 Å². The topological polar surface area (TPSA) is 46.9 Å². The second-order valence-electron chi connectivity index (χ2n) is 5.45. The van der Waals surface area contributed by atoms with Crippen molar-refractivity contribution < 1.29 is 9.18 Å². The Bertz CT molecular complexity index is 625. The molecule has 0 saturated heterocycles. The number of hydrogen-bond donors (Lipinski definition) is 1. The minimum Gasteiger partial charge on any atom is -0.344 e. The molecule has 1 N–H and O–H groups in total. The Morgan fingerprint density at radius 1 is 1.33 bits per heavy atom. The van der Waals surface area contributed by atoms with Gasteiger partial charge >= 0.3 is 0 Å². The van der Waals surface area contributed by atoms with Crippen LogP contribution in [0.25, 0.3) is 0 Å². The van der Waals surface area contributed by atoms with Gasteiger partial charge in [0.15, 0.2) is 0 Å². The fraction of sp³-hybridized carbons (Fsp3) is 0.375. The molecule has 4 nitrogen and oxygen atoms in total. The van der Waals surface area contributed by atoms with Crippen LogP contribution in [-0.4, -0.2) is 15.7 Å². The number of hydrogen-bond acceptors (Lipinski definition) is 2. The number of fused-ring (bicyclic) bond motifs is 1. The van der Waals surface area contributed by atoms with E-state index in [0.717, 1.165) is 37.1 Å². The van der Waals surface area contributed by atoms with E-state index < -0.39 is 0 Å². The Balaban J connectivity index is 1.70. The van der Waals surface area contributed by atoms with Gasteiger partial charge in [-0.2, -0.15) is 5.10 Å². The van der Waals surface area contributed by atoms with Crippen LogP contribution in [-0.2, 0) is 13.0 Å². The van der Waals surface area contributed by atoms with E-state index >= 15 is 0 Å². The zero-order chi connectivity index (χ0) is 14.8. The molecule has 0 spiro atoms. The van der Waals surface area contributed by atoms with Crippen molar-refractivity contribution >= 4 is 5.91 Å². The summed E-state index contributed by atoms with van der Waals surface area (Å²) in [6, 6.07) is 7.83. The molecule has 0 aliphatic carbocycles. The molecule has 0 bridgehead atoms. The summed E-state index contributed by atoms with van der Waals surface area (Å²) in [7, 11) is 0. The van der Waals surface area contributed by atoms with Crippen LogP contribution in [0.1, 0.15) is 47.6 Å². The summed E-state index contributed by atoms with van der Waals surface area (Å²) in [6.45, 7) is 2.76. The smallest absolute Gasteiger partial charge is 0.272 e. The van der Waals surface area contributed by atoms with Gasteiger partial charge < -0.3 is 5.32 Å². The monoisotopic (exact) mass is 287 g/mol. The maximum Gasteiger partial charge on any atom is 0.272 e. The van der Waals surface area contributed by atoms with Crippen LogP contribution in [0.3, 0.4) is 0 Å². The molecule has 1 amide bonds. The molecule has 1 aliphatic heterocycles. The van der Waals surface area contributed by atoms with Crippen molar-refractivity contribution in [2.45, 2.75) is 38.8 Å². The number of benzene rings is 1. The molecule has 1 aromatic carbocycles. The van der Waals surface area contributed by atoms with E-state index in [4.69, 9.17) is 0 Å². The lowest BCUT2D eigenvalue weighted by Crippen LogP contribution is -2.27. The van der Waals surface area contributed by atoms with Crippen LogP contribution in [0.2, 0.25) is 0 Å². The minimum atomic E-state index is -0.279. The van der Waals surface area contributed by atoms with Crippen LogP contribution in [0.5, 0.6) is 0 Å². The Labute approximate surface area is 123 Å². The molecular formula is C16H18FN3O. The molecular weight excluding hydrogens is 269 g/mol. The highest BCUT2D eigenvalue weighted by molar-refractivity contribution is 5.92. The molecule has 21 heavy (non-hydrogen) atoms. The zero-order valence-corrected chi connectivity index (χ0v) is 12.0. The van der Waals surface area contributed by atoms with Gasteiger partial charge in [0.1, 0.15) is 11.5 Å². The number of nitrogens with zero attached hydrogens (tertiary/aromatic N) is 2. The first kappa shape index (κ1) is 13.8. The molecule has 5 heteroatoms. The standard InChI is InChI=1S/C16H18FN3O/c1-11(12-5-7-13(17)8-6-12)18-16(21)15-10-14-4-2-3-9-20(14)19-15/h5-8,10-11H,2-4,9H2,1H3,(H,18,21). The highest BCUT2D eigenvalue weighted by Gasteiger charge is 2.18. The maximum absolute atomic E-state index is 12.9. The van der Waals surface area contributed by atoms with E-state index in [-0.39, 0.29) is 17.8 Å². The number of amides is 1. The molecule has 1 atom stereocenters. The van der Waals surface area contributed by atoms with Gasteiger partial charge in [-0.05, 0) is 49.9 Å². The molecule has 110 valence electrons. The average molecular weight is 287 g/mol. The predicted molar refractivity (Wildman–Crippen MR) is 77.4 cm³/mol. The van der Waals surface area contributed by atoms with Crippen LogP contribution >= 0.6 is 0 Å². The van der Waals surface area contributed by atoms with Gasteiger partial charge in [-0.25, -0.2) is 4.39 Å². The van der Waals surface area contributed by atoms with Gasteiger partial charge in [-0.15, -0.1) is 0 Å². The molecule has 0 saturated carbocycles. The van der Waals surface area contributed by atoms with E-state index in [1.54, 1.807) is 12.1 Å². The van der Waals surface area contributed by atoms with E-state index in [1.807, 2.05) is 17.7 Å². The number of carbonyl (C=O) groups excluding carboxylic acids is 1. The van der Waals surface area contributed by atoms with E-state index in [1.165, 1.54) is 12.1 Å². The average Bonchev–Trinajstić information content (AvgIpc) is 2.92. The van der Waals surface area contributed by atoms with Gasteiger partial charge in [0.25, 0.3) is 5.91 Å². The van der Waals surface area contributed by atoms with Crippen molar-refractivity contribution in [1.82, 2.24) is 15.1 Å². The Hall–Kier alpha value is -2.17. The van der Waals surface area contributed by atoms with Crippen molar-refractivity contribution in [2.24, 2.45) is 0 Å². The second-order valence-corrected chi connectivity index (χ2v) is 5.45. The lowest BCUT2D eigenvalue weighted by Gasteiger charge is -2.13. The number of carbonyl (C=O) groups is 1. The molecule has 1 unspecified atom stereocenters. The van der Waals surface area contributed by atoms with Crippen LogP contribution < -0.4 is 5.32 Å². The number of aromatic nitrogens is 2. The van der Waals surface area contributed by atoms with Crippen LogP contribution in [0.15, 0.2) is 30.3 Å². The third kappa shape index (κ3) is 2.96. The molecule has 0 fully saturated rings. The van der Waals surface area contributed by atoms with E-state index in [0.29, 0.717) is 5.69 Å². The summed E-state index contributed by atoms with van der Waals surface area (Å²) in [4.78, 5) is 12.3. The van der Waals surface area contributed by atoms with Gasteiger partial charge in [0.2, 0.25) is 0 Å². The molecule has 2 heterocycles. The van der Waals surface area contributed by atoms with Crippen molar-refractivity contribution in [1.29, 1.82) is 0 Å². The van der Waals surface area contributed by atoms with Crippen molar-refractivity contribution in [3.63, 3.8) is 0 Å². The first-order valence-corrected chi connectivity index (χ1v) is 7.26. The van der Waals surface area contributed by atoms with Crippen molar-refractivity contribution in [3.05, 3.63) is 53.1 Å². The maximum atomic E-state index is 12.9. The lowest BCUT2D eigenvalue weighted by molar-refractivity contribution is 0.0934. The summed E-state index contributed by atoms with van der Waals surface area (Å²) in [5.41, 5.74) is 2.45. The molecule has 1 aliphatic rings. The van der Waals surface area contributed by atoms with Gasteiger partial charge in [-0.1, -0.05) is 12.1 Å². The summed E-state index contributed by atoms with van der Waals surface area (Å²) < 4.78 is 14.8. The van der Waals surface area contributed by atoms with Gasteiger partial charge in [0, 0.05) is 12.2 Å². The summed E-state index contributed by atoms with van der Waals surface area (Å²) in [6.07, 6.45) is 3.24. The number of aryl methyl sites for hydroxylation is 2. The van der Waals surface area contributed by atoms with E-state index in [9.17, 15) is 9.18 Å². The first-order chi connectivity index (χ1) is 10.1. The lowest BCUT2D eigenvalue weighted by atomic mass is 10.1. The highest BCUT2D eigenvalue weighted by atomic mass is 19.1. The molecule has 1 aromatic heterocycles. The summed E-state index contributed by atoms with van der Waals surface area (Å²) >= 11 is 0. The Kier molecular flexibility index (Phi) is 3.73. The second kappa shape index (κ2) is 5.68. The van der Waals surface area contributed by atoms with E-state index in [2.05, 4.69) is 10.4 Å². The molecule has 0 radical (unpaired) electrons. The largest absolute Gasteiger partial charge is 0.344 e. The Morgan fingerprint density at radius 3 is 2.81 bits per heavy atom. The third-order valence-corrected chi connectivity index (χ3v) is 3.87. The van der Waals surface area contributed by atoms with Gasteiger partial charge in [-0.3, -0.25) is 9.48 Å². The zero-order valence-electron chi connectivity index (χ0n) is 12.0. The SMILES string of the molecule is CC(NC(=O)c1cc2n(n1)CCCC2)c1ccc(F)cc1. The number of halogens is 1. The normalized spacial score (nSPS) is 15.3. The van der Waals surface area contributed by atoms with Crippen LogP contribution in [0, 0.1) is 5.82 Å². The Morgan fingerprint density at radius 2 is 2.10 bits per heavy atom. The molecule has 2 aromatic rings. The highest BCUT2D eigenvalue weighted by Crippen LogP contribution is 2.17. The fourth-order valence-corrected chi connectivity index (χ4v) is 2.63. The predicted octanol–water partition coefficient (Wildman–Crippen LogP) is 2.85. The third-order valence-electron chi connectivity index (χ3n) is 3.87. The number of rotatable bonds is 3. The van der Waals surface area contributed by atoms with Crippen molar-refractivity contribution in [2.75, 3.05) is 0 Å². The summed E-state index contributed by atoms with van der Waals surface area (Å²) in [5.74, 6) is -0.465. The quantitative estimate of drug-likeness (QED) is 0.943. The first-order valence-electron chi connectivity index (χ1n) is 7.26.